The van der Waals surface area contributed by atoms with Crippen molar-refractivity contribution in [3.63, 3.8) is 0 Å². The highest BCUT2D eigenvalue weighted by Gasteiger charge is 2.07. The van der Waals surface area contributed by atoms with Crippen LogP contribution in [0.4, 0.5) is 5.69 Å². The van der Waals surface area contributed by atoms with E-state index in [0.717, 1.165) is 5.56 Å². The molecule has 0 radical (unpaired) electrons. The molecule has 4 nitrogen and oxygen atoms in total. The maximum atomic E-state index is 11.8. The van der Waals surface area contributed by atoms with Gasteiger partial charge in [0.25, 0.3) is 0 Å². The minimum atomic E-state index is -0.128. The van der Waals surface area contributed by atoms with E-state index >= 15 is 0 Å². The molecule has 1 aromatic heterocycles. The Bertz CT molecular complexity index is 553. The number of nitrogens with zero attached hydrogens (tertiary/aromatic N) is 1. The number of hydrogen-bond acceptors (Lipinski definition) is 3. The van der Waals surface area contributed by atoms with Crippen LogP contribution in [-0.2, 0) is 11.2 Å². The van der Waals surface area contributed by atoms with Gasteiger partial charge in [0.05, 0.1) is 6.42 Å². The maximum Gasteiger partial charge on any atom is 0.228 e. The van der Waals surface area contributed by atoms with E-state index in [2.05, 4.69) is 10.3 Å². The third-order valence-electron chi connectivity index (χ3n) is 2.67. The monoisotopic (exact) mass is 242 g/mol. The van der Waals surface area contributed by atoms with Gasteiger partial charge < -0.3 is 10.4 Å². The van der Waals surface area contributed by atoms with Crippen LogP contribution in [0.5, 0.6) is 5.75 Å². The smallest absolute Gasteiger partial charge is 0.228 e. The number of phenolic OH excluding ortho intramolecular Hbond substituents is 1. The number of carbonyl (C=O) groups is 1. The number of phenols is 1. The second-order valence-electron chi connectivity index (χ2n) is 4.04. The summed E-state index contributed by atoms with van der Waals surface area (Å²) in [5.41, 5.74) is 2.15. The molecule has 4 heteroatoms. The molecule has 0 saturated carbocycles. The molecule has 2 N–H and O–H groups in total. The van der Waals surface area contributed by atoms with Gasteiger partial charge in [0.2, 0.25) is 5.91 Å². The molecule has 2 rings (SSSR count). The van der Waals surface area contributed by atoms with Gasteiger partial charge in [0, 0.05) is 23.6 Å². The summed E-state index contributed by atoms with van der Waals surface area (Å²) in [7, 11) is 0. The second-order valence-corrected chi connectivity index (χ2v) is 4.04. The summed E-state index contributed by atoms with van der Waals surface area (Å²) in [6, 6.07) is 8.69. The van der Waals surface area contributed by atoms with Gasteiger partial charge in [0.15, 0.2) is 0 Å². The highest BCUT2D eigenvalue weighted by molar-refractivity contribution is 5.93. The van der Waals surface area contributed by atoms with E-state index in [1.165, 1.54) is 0 Å². The fourth-order valence-corrected chi connectivity index (χ4v) is 1.64. The first-order valence-corrected chi connectivity index (χ1v) is 5.64. The SMILES string of the molecule is Cc1c(O)cccc1NC(=O)Cc1cccnc1. The van der Waals surface area contributed by atoms with E-state index in [-0.39, 0.29) is 18.1 Å². The highest BCUT2D eigenvalue weighted by Crippen LogP contribution is 2.23. The molecule has 0 saturated heterocycles. The first-order chi connectivity index (χ1) is 8.66. The first kappa shape index (κ1) is 12.1. The molecule has 18 heavy (non-hydrogen) atoms. The van der Waals surface area contributed by atoms with Crippen LogP contribution >= 0.6 is 0 Å². The molecule has 0 fully saturated rings. The Labute approximate surface area is 105 Å². The molecule has 0 bridgehead atoms. The van der Waals surface area contributed by atoms with Gasteiger partial charge in [-0.15, -0.1) is 0 Å². The van der Waals surface area contributed by atoms with Gasteiger partial charge in [-0.25, -0.2) is 0 Å². The van der Waals surface area contributed by atoms with Crippen LogP contribution < -0.4 is 5.32 Å². The quantitative estimate of drug-likeness (QED) is 0.868. The fraction of sp³-hybridized carbons (Fsp3) is 0.143. The average Bonchev–Trinajstić information content (AvgIpc) is 2.36. The molecule has 2 aromatic rings. The zero-order chi connectivity index (χ0) is 13.0. The summed E-state index contributed by atoms with van der Waals surface area (Å²) >= 11 is 0. The van der Waals surface area contributed by atoms with Crippen LogP contribution in [0.15, 0.2) is 42.7 Å². The van der Waals surface area contributed by atoms with Crippen molar-refractivity contribution in [1.82, 2.24) is 4.98 Å². The Morgan fingerprint density at radius 2 is 2.17 bits per heavy atom. The number of anilines is 1. The molecule has 0 aliphatic heterocycles. The number of hydrogen-bond donors (Lipinski definition) is 2. The molecule has 0 atom stereocenters. The summed E-state index contributed by atoms with van der Waals surface area (Å²) in [5.74, 6) is 0.0471. The lowest BCUT2D eigenvalue weighted by molar-refractivity contribution is -0.115. The van der Waals surface area contributed by atoms with Gasteiger partial charge in [0.1, 0.15) is 5.75 Å². The topological polar surface area (TPSA) is 62.2 Å². The van der Waals surface area contributed by atoms with E-state index in [9.17, 15) is 9.90 Å². The van der Waals surface area contributed by atoms with E-state index in [1.54, 1.807) is 43.6 Å². The summed E-state index contributed by atoms with van der Waals surface area (Å²) in [5, 5.41) is 12.3. The molecule has 0 unspecified atom stereocenters. The molecule has 92 valence electrons. The van der Waals surface area contributed by atoms with Crippen LogP contribution in [-0.4, -0.2) is 16.0 Å². The van der Waals surface area contributed by atoms with Crippen molar-refractivity contribution in [3.05, 3.63) is 53.9 Å². The average molecular weight is 242 g/mol. The van der Waals surface area contributed by atoms with Gasteiger partial charge in [-0.05, 0) is 30.7 Å². The third-order valence-corrected chi connectivity index (χ3v) is 2.67. The van der Waals surface area contributed by atoms with Crippen LogP contribution in [0.25, 0.3) is 0 Å². The number of nitrogens with one attached hydrogen (secondary N) is 1. The van der Waals surface area contributed by atoms with E-state index in [0.29, 0.717) is 11.3 Å². The normalized spacial score (nSPS) is 10.1. The third kappa shape index (κ3) is 2.85. The molecule has 0 aliphatic carbocycles. The highest BCUT2D eigenvalue weighted by atomic mass is 16.3. The minimum absolute atomic E-state index is 0.128. The summed E-state index contributed by atoms with van der Waals surface area (Å²) in [6.45, 7) is 1.76. The number of aromatic nitrogens is 1. The summed E-state index contributed by atoms with van der Waals surface area (Å²) in [6.07, 6.45) is 3.60. The second kappa shape index (κ2) is 5.31. The zero-order valence-electron chi connectivity index (χ0n) is 10.1. The molecule has 1 heterocycles. The van der Waals surface area contributed by atoms with Crippen molar-refractivity contribution in [2.45, 2.75) is 13.3 Å². The molecule has 1 amide bonds. The number of carbonyl (C=O) groups excluding carboxylic acids is 1. The van der Waals surface area contributed by atoms with Gasteiger partial charge in [-0.2, -0.15) is 0 Å². The largest absolute Gasteiger partial charge is 0.508 e. The van der Waals surface area contributed by atoms with Crippen molar-refractivity contribution in [2.75, 3.05) is 5.32 Å². The van der Waals surface area contributed by atoms with Crippen LogP contribution in [0.3, 0.4) is 0 Å². The molecule has 0 spiro atoms. The van der Waals surface area contributed by atoms with Crippen molar-refractivity contribution in [3.8, 4) is 5.75 Å². The lowest BCUT2D eigenvalue weighted by atomic mass is 10.1. The summed E-state index contributed by atoms with van der Waals surface area (Å²) < 4.78 is 0. The lowest BCUT2D eigenvalue weighted by Gasteiger charge is -2.09. The predicted octanol–water partition coefficient (Wildman–Crippen LogP) is 2.28. The van der Waals surface area contributed by atoms with Gasteiger partial charge in [-0.1, -0.05) is 12.1 Å². The lowest BCUT2D eigenvalue weighted by Crippen LogP contribution is -2.15. The number of benzene rings is 1. The van der Waals surface area contributed by atoms with Crippen molar-refractivity contribution in [2.24, 2.45) is 0 Å². The van der Waals surface area contributed by atoms with E-state index < -0.39 is 0 Å². The Hall–Kier alpha value is -2.36. The molecule has 1 aromatic carbocycles. The van der Waals surface area contributed by atoms with Crippen LogP contribution in [0.1, 0.15) is 11.1 Å². The minimum Gasteiger partial charge on any atom is -0.508 e. The number of aromatic hydroxyl groups is 1. The first-order valence-electron chi connectivity index (χ1n) is 5.64. The van der Waals surface area contributed by atoms with Crippen molar-refractivity contribution in [1.29, 1.82) is 0 Å². The Balaban J connectivity index is 2.06. The predicted molar refractivity (Wildman–Crippen MR) is 69.4 cm³/mol. The van der Waals surface area contributed by atoms with Crippen LogP contribution in [0.2, 0.25) is 0 Å². The van der Waals surface area contributed by atoms with E-state index in [1.807, 2.05) is 6.07 Å². The molecular weight excluding hydrogens is 228 g/mol. The van der Waals surface area contributed by atoms with Crippen molar-refractivity contribution >= 4 is 11.6 Å². The van der Waals surface area contributed by atoms with E-state index in [4.69, 9.17) is 0 Å². The Morgan fingerprint density at radius 1 is 1.33 bits per heavy atom. The summed E-state index contributed by atoms with van der Waals surface area (Å²) in [4.78, 5) is 15.8. The Kier molecular flexibility index (Phi) is 3.57. The van der Waals surface area contributed by atoms with Crippen LogP contribution in [0, 0.1) is 6.92 Å². The number of amides is 1. The number of pyridine rings is 1. The molecular formula is C14H14N2O2. The van der Waals surface area contributed by atoms with Crippen molar-refractivity contribution < 1.29 is 9.90 Å². The fourth-order valence-electron chi connectivity index (χ4n) is 1.64. The zero-order valence-corrected chi connectivity index (χ0v) is 10.1. The van der Waals surface area contributed by atoms with Gasteiger partial charge >= 0.3 is 0 Å². The Morgan fingerprint density at radius 3 is 2.89 bits per heavy atom. The number of rotatable bonds is 3. The standard InChI is InChI=1S/C14H14N2O2/c1-10-12(5-2-6-13(10)17)16-14(18)8-11-4-3-7-15-9-11/h2-7,9,17H,8H2,1H3,(H,16,18). The molecule has 0 aliphatic rings. The maximum absolute atomic E-state index is 11.8. The van der Waals surface area contributed by atoms with Gasteiger partial charge in [-0.3, -0.25) is 9.78 Å².